The van der Waals surface area contributed by atoms with Crippen LogP contribution in [0.15, 0.2) is 97.1 Å². The van der Waals surface area contributed by atoms with Crippen LogP contribution in [0.5, 0.6) is 5.75 Å². The van der Waals surface area contributed by atoms with Gasteiger partial charge in [-0.15, -0.1) is 0 Å². The lowest BCUT2D eigenvalue weighted by Crippen LogP contribution is -2.40. The summed E-state index contributed by atoms with van der Waals surface area (Å²) in [5.74, 6) is 0.608. The molecule has 0 radical (unpaired) electrons. The van der Waals surface area contributed by atoms with Gasteiger partial charge in [-0.3, -0.25) is 4.79 Å². The Hall–Kier alpha value is -3.59. The average Bonchev–Trinajstić information content (AvgIpc) is 2.82. The molecule has 0 fully saturated rings. The number of hydrogen-bond donors (Lipinski definition) is 1. The number of benzene rings is 4. The average molecular weight is 410 g/mol. The molecule has 31 heavy (non-hydrogen) atoms. The lowest BCUT2D eigenvalue weighted by atomic mass is 9.97. The van der Waals surface area contributed by atoms with Crippen LogP contribution >= 0.6 is 0 Å². The Morgan fingerprint density at radius 3 is 2.19 bits per heavy atom. The summed E-state index contributed by atoms with van der Waals surface area (Å²) in [4.78, 5) is 13.3. The Morgan fingerprint density at radius 2 is 1.45 bits per heavy atom. The molecular formula is C28H27NO2. The zero-order valence-corrected chi connectivity index (χ0v) is 17.9. The minimum Gasteiger partial charge on any atom is -0.480 e. The van der Waals surface area contributed by atoms with E-state index < -0.39 is 6.10 Å². The van der Waals surface area contributed by atoms with Gasteiger partial charge in [0.1, 0.15) is 5.75 Å². The first kappa shape index (κ1) is 20.7. The third-order valence-corrected chi connectivity index (χ3v) is 5.51. The summed E-state index contributed by atoms with van der Waals surface area (Å²) < 4.78 is 6.22. The van der Waals surface area contributed by atoms with E-state index in [1.54, 1.807) is 0 Å². The molecule has 4 aromatic carbocycles. The Balaban J connectivity index is 1.60. The van der Waals surface area contributed by atoms with Crippen LogP contribution in [-0.2, 0) is 4.79 Å². The molecule has 1 N–H and O–H groups in total. The van der Waals surface area contributed by atoms with E-state index in [0.29, 0.717) is 6.42 Å². The van der Waals surface area contributed by atoms with E-state index in [1.165, 1.54) is 5.56 Å². The van der Waals surface area contributed by atoms with Gasteiger partial charge in [-0.25, -0.2) is 0 Å². The fourth-order valence-corrected chi connectivity index (χ4v) is 3.77. The predicted molar refractivity (Wildman–Crippen MR) is 126 cm³/mol. The summed E-state index contributed by atoms with van der Waals surface area (Å²) in [5.41, 5.74) is 3.28. The summed E-state index contributed by atoms with van der Waals surface area (Å²) in [5, 5.41) is 5.33. The third kappa shape index (κ3) is 4.77. The van der Waals surface area contributed by atoms with Crippen molar-refractivity contribution in [3.63, 3.8) is 0 Å². The first-order valence-corrected chi connectivity index (χ1v) is 10.7. The molecule has 156 valence electrons. The maximum Gasteiger partial charge on any atom is 0.261 e. The highest BCUT2D eigenvalue weighted by atomic mass is 16.5. The number of ether oxygens (including phenoxy) is 1. The van der Waals surface area contributed by atoms with Gasteiger partial charge in [0.15, 0.2) is 6.10 Å². The number of carbonyl (C=O) groups excluding carboxylic acids is 1. The van der Waals surface area contributed by atoms with Crippen molar-refractivity contribution in [1.29, 1.82) is 0 Å². The highest BCUT2D eigenvalue weighted by Gasteiger charge is 2.24. The van der Waals surface area contributed by atoms with Crippen LogP contribution in [-0.4, -0.2) is 12.0 Å². The Bertz CT molecular complexity index is 1150. The van der Waals surface area contributed by atoms with E-state index in [-0.39, 0.29) is 11.9 Å². The van der Waals surface area contributed by atoms with E-state index >= 15 is 0 Å². The molecule has 2 atom stereocenters. The highest BCUT2D eigenvalue weighted by Crippen LogP contribution is 2.27. The second kappa shape index (κ2) is 9.48. The maximum atomic E-state index is 13.3. The van der Waals surface area contributed by atoms with Gasteiger partial charge >= 0.3 is 0 Å². The van der Waals surface area contributed by atoms with E-state index in [4.69, 9.17) is 4.74 Å². The molecule has 3 nitrogen and oxygen atoms in total. The van der Waals surface area contributed by atoms with E-state index in [1.807, 2.05) is 79.7 Å². The van der Waals surface area contributed by atoms with Crippen molar-refractivity contribution in [3.05, 3.63) is 114 Å². The number of hydrogen-bond acceptors (Lipinski definition) is 2. The van der Waals surface area contributed by atoms with Gasteiger partial charge in [0.25, 0.3) is 5.91 Å². The molecule has 4 aromatic rings. The molecule has 0 bridgehead atoms. The lowest BCUT2D eigenvalue weighted by molar-refractivity contribution is -0.128. The molecule has 0 aliphatic heterocycles. The Kier molecular flexibility index (Phi) is 6.32. The third-order valence-electron chi connectivity index (χ3n) is 5.51. The standard InChI is InChI=1S/C28H27NO2/c1-3-25(31-26-15-9-13-21-10-7-8-14-24(21)26)28(30)29-27(22-11-5-4-6-12-22)23-18-16-20(2)17-19-23/h4-19,25,27H,3H2,1-2H3,(H,29,30)/t25-,27+/m0/s1. The molecule has 0 spiro atoms. The van der Waals surface area contributed by atoms with Crippen molar-refractivity contribution in [2.45, 2.75) is 32.4 Å². The van der Waals surface area contributed by atoms with Gasteiger partial charge in [-0.2, -0.15) is 0 Å². The van der Waals surface area contributed by atoms with Crippen molar-refractivity contribution < 1.29 is 9.53 Å². The summed E-state index contributed by atoms with van der Waals surface area (Å²) in [6.07, 6.45) is -0.00718. The van der Waals surface area contributed by atoms with E-state index in [0.717, 1.165) is 27.6 Å². The zero-order chi connectivity index (χ0) is 21.6. The summed E-state index contributed by atoms with van der Waals surface area (Å²) >= 11 is 0. The SMILES string of the molecule is CC[C@H](Oc1cccc2ccccc12)C(=O)N[C@H](c1ccccc1)c1ccc(C)cc1. The molecule has 0 heterocycles. The smallest absolute Gasteiger partial charge is 0.261 e. The maximum absolute atomic E-state index is 13.3. The molecule has 0 aliphatic rings. The number of amides is 1. The van der Waals surface area contributed by atoms with Crippen molar-refractivity contribution in [2.24, 2.45) is 0 Å². The number of nitrogens with one attached hydrogen (secondary N) is 1. The Labute approximate surface area is 183 Å². The normalized spacial score (nSPS) is 12.8. The monoisotopic (exact) mass is 409 g/mol. The van der Waals surface area contributed by atoms with Crippen LogP contribution in [0, 0.1) is 6.92 Å². The van der Waals surface area contributed by atoms with Crippen LogP contribution in [0.2, 0.25) is 0 Å². The largest absolute Gasteiger partial charge is 0.480 e. The first-order chi connectivity index (χ1) is 15.2. The number of carbonyl (C=O) groups is 1. The van der Waals surface area contributed by atoms with Gasteiger partial charge in [0.2, 0.25) is 0 Å². The summed E-state index contributed by atoms with van der Waals surface area (Å²) in [6.45, 7) is 4.03. The van der Waals surface area contributed by atoms with Crippen LogP contribution in [0.3, 0.4) is 0 Å². The fourth-order valence-electron chi connectivity index (χ4n) is 3.77. The van der Waals surface area contributed by atoms with Gasteiger partial charge in [0.05, 0.1) is 6.04 Å². The minimum atomic E-state index is -0.581. The number of aryl methyl sites for hydroxylation is 1. The second-order valence-corrected chi connectivity index (χ2v) is 7.75. The molecule has 0 aromatic heterocycles. The highest BCUT2D eigenvalue weighted by molar-refractivity contribution is 5.89. The van der Waals surface area contributed by atoms with Crippen LogP contribution in [0.25, 0.3) is 10.8 Å². The van der Waals surface area contributed by atoms with E-state index in [2.05, 4.69) is 36.5 Å². The van der Waals surface area contributed by atoms with Crippen molar-refractivity contribution in [2.75, 3.05) is 0 Å². The fraction of sp³-hybridized carbons (Fsp3) is 0.179. The van der Waals surface area contributed by atoms with Gasteiger partial charge in [-0.1, -0.05) is 103 Å². The molecule has 0 saturated heterocycles. The van der Waals surface area contributed by atoms with Gasteiger partial charge in [-0.05, 0) is 35.9 Å². The van der Waals surface area contributed by atoms with Crippen LogP contribution < -0.4 is 10.1 Å². The molecule has 3 heteroatoms. The summed E-state index contributed by atoms with van der Waals surface area (Å²) in [7, 11) is 0. The quantitative estimate of drug-likeness (QED) is 0.394. The number of rotatable bonds is 7. The Morgan fingerprint density at radius 1 is 0.806 bits per heavy atom. The van der Waals surface area contributed by atoms with Gasteiger partial charge in [0, 0.05) is 5.39 Å². The molecule has 1 amide bonds. The summed E-state index contributed by atoms with van der Waals surface area (Å²) in [6, 6.07) is 32.1. The van der Waals surface area contributed by atoms with Crippen LogP contribution in [0.4, 0.5) is 0 Å². The first-order valence-electron chi connectivity index (χ1n) is 10.7. The molecule has 0 aliphatic carbocycles. The van der Waals surface area contributed by atoms with E-state index in [9.17, 15) is 4.79 Å². The zero-order valence-electron chi connectivity index (χ0n) is 17.9. The lowest BCUT2D eigenvalue weighted by Gasteiger charge is -2.24. The molecule has 0 saturated carbocycles. The molecular weight excluding hydrogens is 382 g/mol. The molecule has 0 unspecified atom stereocenters. The second-order valence-electron chi connectivity index (χ2n) is 7.75. The van der Waals surface area contributed by atoms with Crippen molar-refractivity contribution in [3.8, 4) is 5.75 Å². The minimum absolute atomic E-state index is 0.120. The van der Waals surface area contributed by atoms with Crippen LogP contribution in [0.1, 0.15) is 36.1 Å². The predicted octanol–water partition coefficient (Wildman–Crippen LogP) is 6.21. The number of fused-ring (bicyclic) bond motifs is 1. The van der Waals surface area contributed by atoms with Crippen molar-refractivity contribution in [1.82, 2.24) is 5.32 Å². The van der Waals surface area contributed by atoms with Crippen molar-refractivity contribution >= 4 is 16.7 Å². The van der Waals surface area contributed by atoms with Gasteiger partial charge < -0.3 is 10.1 Å². The topological polar surface area (TPSA) is 38.3 Å². The molecule has 4 rings (SSSR count).